The van der Waals surface area contributed by atoms with E-state index in [1.807, 2.05) is 32.9 Å². The van der Waals surface area contributed by atoms with Crippen LogP contribution in [0.15, 0.2) is 36.4 Å². The lowest BCUT2D eigenvalue weighted by Crippen LogP contribution is -2.26. The van der Waals surface area contributed by atoms with Crippen LogP contribution in [0, 0.1) is 11.2 Å². The number of nitrogens with one attached hydrogen (secondary N) is 2. The van der Waals surface area contributed by atoms with Crippen molar-refractivity contribution in [2.45, 2.75) is 47.6 Å². The quantitative estimate of drug-likeness (QED) is 0.666. The number of aromatic nitrogens is 1. The number of carbonyl (C=O) groups is 1. The zero-order valence-corrected chi connectivity index (χ0v) is 17.5. The highest BCUT2D eigenvalue weighted by atomic mass is 19.1. The molecule has 0 saturated carbocycles. The molecular weight excluding hydrogens is 355 g/mol. The lowest BCUT2D eigenvalue weighted by atomic mass is 9.92. The Morgan fingerprint density at radius 2 is 1.71 bits per heavy atom. The average Bonchev–Trinajstić information content (AvgIpc) is 2.62. The summed E-state index contributed by atoms with van der Waals surface area (Å²) in [6.45, 7) is 12.4. The summed E-state index contributed by atoms with van der Waals surface area (Å²) < 4.78 is 13.0. The number of nitrogens with zero attached hydrogens (tertiary/aromatic N) is 2. The van der Waals surface area contributed by atoms with Gasteiger partial charge in [-0.2, -0.15) is 0 Å². The fourth-order valence-electron chi connectivity index (χ4n) is 2.88. The van der Waals surface area contributed by atoms with Crippen molar-refractivity contribution in [1.82, 2.24) is 4.98 Å². The third-order valence-electron chi connectivity index (χ3n) is 4.29. The van der Waals surface area contributed by atoms with Gasteiger partial charge in [-0.05, 0) is 49.1 Å². The number of halogens is 1. The van der Waals surface area contributed by atoms with Crippen molar-refractivity contribution in [3.63, 3.8) is 0 Å². The minimum absolute atomic E-state index is 0.0188. The van der Waals surface area contributed by atoms with Crippen molar-refractivity contribution >= 4 is 23.2 Å². The standard InChI is InChI=1S/C22H31FN4O/c1-6-27(7-2)21-18(25-20(28)14-22(3,4)5)12-13-19(26-21)24-15-16-8-10-17(23)11-9-16/h8-13H,6-7,14-15H2,1-5H3,(H,24,26)(H,25,28). The summed E-state index contributed by atoms with van der Waals surface area (Å²) in [6.07, 6.45) is 0.440. The van der Waals surface area contributed by atoms with Crippen LogP contribution in [0.5, 0.6) is 0 Å². The molecule has 1 aromatic heterocycles. The smallest absolute Gasteiger partial charge is 0.224 e. The number of benzene rings is 1. The largest absolute Gasteiger partial charge is 0.366 e. The molecular formula is C22H31FN4O. The van der Waals surface area contributed by atoms with E-state index in [-0.39, 0.29) is 17.1 Å². The molecule has 0 aliphatic carbocycles. The monoisotopic (exact) mass is 386 g/mol. The van der Waals surface area contributed by atoms with Gasteiger partial charge < -0.3 is 15.5 Å². The predicted molar refractivity (Wildman–Crippen MR) is 114 cm³/mol. The van der Waals surface area contributed by atoms with Gasteiger partial charge in [0.25, 0.3) is 0 Å². The van der Waals surface area contributed by atoms with Gasteiger partial charge in [0, 0.05) is 26.1 Å². The summed E-state index contributed by atoms with van der Waals surface area (Å²) in [5, 5.41) is 6.28. The van der Waals surface area contributed by atoms with Crippen LogP contribution >= 0.6 is 0 Å². The molecule has 0 aliphatic heterocycles. The molecule has 6 heteroatoms. The number of anilines is 3. The first-order valence-electron chi connectivity index (χ1n) is 9.76. The van der Waals surface area contributed by atoms with E-state index in [1.54, 1.807) is 12.1 Å². The van der Waals surface area contributed by atoms with Crippen LogP contribution in [0.3, 0.4) is 0 Å². The number of pyridine rings is 1. The molecule has 0 saturated heterocycles. The Hall–Kier alpha value is -2.63. The van der Waals surface area contributed by atoms with Crippen molar-refractivity contribution < 1.29 is 9.18 Å². The first-order valence-corrected chi connectivity index (χ1v) is 9.76. The van der Waals surface area contributed by atoms with E-state index in [0.717, 1.165) is 24.5 Å². The fourth-order valence-corrected chi connectivity index (χ4v) is 2.88. The molecule has 1 amide bonds. The van der Waals surface area contributed by atoms with Gasteiger partial charge in [-0.15, -0.1) is 0 Å². The SMILES string of the molecule is CCN(CC)c1nc(NCc2ccc(F)cc2)ccc1NC(=O)CC(C)(C)C. The highest BCUT2D eigenvalue weighted by molar-refractivity contribution is 5.94. The van der Waals surface area contributed by atoms with Crippen molar-refractivity contribution in [2.24, 2.45) is 5.41 Å². The molecule has 1 heterocycles. The average molecular weight is 387 g/mol. The summed E-state index contributed by atoms with van der Waals surface area (Å²) in [5.74, 6) is 1.19. The Morgan fingerprint density at radius 1 is 1.07 bits per heavy atom. The number of hydrogen-bond acceptors (Lipinski definition) is 4. The van der Waals surface area contributed by atoms with Crippen LogP contribution in [0.25, 0.3) is 0 Å². The zero-order valence-electron chi connectivity index (χ0n) is 17.5. The van der Waals surface area contributed by atoms with E-state index in [2.05, 4.69) is 29.4 Å². The van der Waals surface area contributed by atoms with Gasteiger partial charge in [0.15, 0.2) is 5.82 Å². The molecule has 0 unspecified atom stereocenters. The number of hydrogen-bond donors (Lipinski definition) is 2. The molecule has 1 aromatic carbocycles. The molecule has 5 nitrogen and oxygen atoms in total. The van der Waals surface area contributed by atoms with Gasteiger partial charge in [0.1, 0.15) is 11.6 Å². The molecule has 2 aromatic rings. The molecule has 0 radical (unpaired) electrons. The molecule has 0 bridgehead atoms. The molecule has 2 rings (SSSR count). The molecule has 2 N–H and O–H groups in total. The molecule has 0 atom stereocenters. The Kier molecular flexibility index (Phi) is 7.38. The highest BCUT2D eigenvalue weighted by Crippen LogP contribution is 2.27. The summed E-state index contributed by atoms with van der Waals surface area (Å²) in [7, 11) is 0. The van der Waals surface area contributed by atoms with E-state index in [0.29, 0.717) is 24.5 Å². The molecule has 152 valence electrons. The van der Waals surface area contributed by atoms with Crippen molar-refractivity contribution in [2.75, 3.05) is 28.6 Å². The third kappa shape index (κ3) is 6.51. The summed E-state index contributed by atoms with van der Waals surface area (Å²) in [5.41, 5.74) is 1.60. The second-order valence-corrected chi connectivity index (χ2v) is 8.01. The van der Waals surface area contributed by atoms with Crippen LogP contribution < -0.4 is 15.5 Å². The predicted octanol–water partition coefficient (Wildman–Crippen LogP) is 5.05. The van der Waals surface area contributed by atoms with Gasteiger partial charge in [-0.1, -0.05) is 32.9 Å². The van der Waals surface area contributed by atoms with Gasteiger partial charge >= 0.3 is 0 Å². The Bertz CT molecular complexity index is 780. The van der Waals surface area contributed by atoms with Crippen LogP contribution in [-0.2, 0) is 11.3 Å². The fraction of sp³-hybridized carbons (Fsp3) is 0.455. The Morgan fingerprint density at radius 3 is 2.29 bits per heavy atom. The van der Waals surface area contributed by atoms with E-state index in [9.17, 15) is 9.18 Å². The van der Waals surface area contributed by atoms with Crippen LogP contribution in [0.4, 0.5) is 21.7 Å². The maximum absolute atomic E-state index is 13.0. The van der Waals surface area contributed by atoms with Crippen molar-refractivity contribution in [1.29, 1.82) is 0 Å². The summed E-state index contributed by atoms with van der Waals surface area (Å²) in [6, 6.07) is 10.1. The summed E-state index contributed by atoms with van der Waals surface area (Å²) in [4.78, 5) is 19.2. The van der Waals surface area contributed by atoms with E-state index < -0.39 is 0 Å². The first-order chi connectivity index (χ1) is 13.2. The second-order valence-electron chi connectivity index (χ2n) is 8.01. The Labute approximate surface area is 167 Å². The third-order valence-corrected chi connectivity index (χ3v) is 4.29. The van der Waals surface area contributed by atoms with Crippen LogP contribution in [0.2, 0.25) is 0 Å². The van der Waals surface area contributed by atoms with Gasteiger partial charge in [-0.25, -0.2) is 9.37 Å². The van der Waals surface area contributed by atoms with Gasteiger partial charge in [-0.3, -0.25) is 4.79 Å². The lowest BCUT2D eigenvalue weighted by molar-refractivity contribution is -0.117. The van der Waals surface area contributed by atoms with Gasteiger partial charge in [0.2, 0.25) is 5.91 Å². The normalized spacial score (nSPS) is 11.2. The topological polar surface area (TPSA) is 57.3 Å². The Balaban J connectivity index is 2.19. The van der Waals surface area contributed by atoms with E-state index in [4.69, 9.17) is 4.98 Å². The molecule has 0 aliphatic rings. The van der Waals surface area contributed by atoms with E-state index >= 15 is 0 Å². The molecule has 28 heavy (non-hydrogen) atoms. The van der Waals surface area contributed by atoms with Crippen LogP contribution in [-0.4, -0.2) is 24.0 Å². The number of amides is 1. The zero-order chi connectivity index (χ0) is 20.7. The summed E-state index contributed by atoms with van der Waals surface area (Å²) >= 11 is 0. The maximum Gasteiger partial charge on any atom is 0.224 e. The minimum Gasteiger partial charge on any atom is -0.366 e. The van der Waals surface area contributed by atoms with Gasteiger partial charge in [0.05, 0.1) is 5.69 Å². The first kappa shape index (κ1) is 21.7. The molecule has 0 spiro atoms. The maximum atomic E-state index is 13.0. The molecule has 0 fully saturated rings. The van der Waals surface area contributed by atoms with Crippen molar-refractivity contribution in [3.05, 3.63) is 47.8 Å². The van der Waals surface area contributed by atoms with E-state index in [1.165, 1.54) is 12.1 Å². The number of rotatable bonds is 8. The van der Waals surface area contributed by atoms with Crippen LogP contribution in [0.1, 0.15) is 46.6 Å². The number of carbonyl (C=O) groups excluding carboxylic acids is 1. The highest BCUT2D eigenvalue weighted by Gasteiger charge is 2.19. The lowest BCUT2D eigenvalue weighted by Gasteiger charge is -2.24. The minimum atomic E-state index is -0.249. The van der Waals surface area contributed by atoms with Crippen molar-refractivity contribution in [3.8, 4) is 0 Å². The second kappa shape index (κ2) is 9.53.